The van der Waals surface area contributed by atoms with Gasteiger partial charge in [0.25, 0.3) is 0 Å². The number of nitrogens with zero attached hydrogens (tertiary/aromatic N) is 4. The number of hydrogen-bond donors (Lipinski definition) is 1. The molecule has 0 aliphatic carbocycles. The lowest BCUT2D eigenvalue weighted by Crippen LogP contribution is -2.53. The van der Waals surface area contributed by atoms with E-state index in [4.69, 9.17) is 9.73 Å². The molecule has 1 aliphatic rings. The predicted molar refractivity (Wildman–Crippen MR) is 109 cm³/mol. The minimum atomic E-state index is 0.139. The summed E-state index contributed by atoms with van der Waals surface area (Å²) in [4.78, 5) is 22.5. The van der Waals surface area contributed by atoms with E-state index in [0.29, 0.717) is 13.2 Å². The van der Waals surface area contributed by atoms with E-state index in [9.17, 15) is 4.79 Å². The number of amides is 1. The van der Waals surface area contributed by atoms with E-state index in [1.54, 1.807) is 6.92 Å². The van der Waals surface area contributed by atoms with Crippen LogP contribution in [0.15, 0.2) is 29.3 Å². The van der Waals surface area contributed by atoms with Gasteiger partial charge < -0.3 is 24.8 Å². The van der Waals surface area contributed by atoms with Crippen molar-refractivity contribution in [3.05, 3.63) is 29.8 Å². The van der Waals surface area contributed by atoms with Gasteiger partial charge in [0.2, 0.25) is 5.91 Å². The van der Waals surface area contributed by atoms with Crippen molar-refractivity contribution in [2.75, 3.05) is 60.0 Å². The second-order valence-corrected chi connectivity index (χ2v) is 6.92. The number of benzene rings is 1. The van der Waals surface area contributed by atoms with Gasteiger partial charge in [0.1, 0.15) is 12.4 Å². The number of nitrogens with one attached hydrogen (secondary N) is 1. The Kier molecular flexibility index (Phi) is 8.39. The summed E-state index contributed by atoms with van der Waals surface area (Å²) in [6.45, 7) is 9.68. The molecular formula is C20H33N5O2. The van der Waals surface area contributed by atoms with Gasteiger partial charge in [-0.2, -0.15) is 0 Å². The zero-order chi connectivity index (χ0) is 19.6. The van der Waals surface area contributed by atoms with Crippen molar-refractivity contribution in [2.45, 2.75) is 20.4 Å². The van der Waals surface area contributed by atoms with E-state index in [0.717, 1.165) is 56.5 Å². The van der Waals surface area contributed by atoms with E-state index in [-0.39, 0.29) is 5.91 Å². The van der Waals surface area contributed by atoms with E-state index >= 15 is 0 Å². The summed E-state index contributed by atoms with van der Waals surface area (Å²) < 4.78 is 5.94. The molecule has 7 heteroatoms. The van der Waals surface area contributed by atoms with Gasteiger partial charge in [0.15, 0.2) is 5.96 Å². The maximum Gasteiger partial charge on any atom is 0.219 e. The van der Waals surface area contributed by atoms with Crippen molar-refractivity contribution < 1.29 is 9.53 Å². The monoisotopic (exact) mass is 375 g/mol. The number of piperazine rings is 1. The molecule has 0 radical (unpaired) electrons. The summed E-state index contributed by atoms with van der Waals surface area (Å²) in [6.07, 6.45) is 0. The molecule has 1 fully saturated rings. The van der Waals surface area contributed by atoms with Crippen LogP contribution in [0.1, 0.15) is 19.4 Å². The number of hydrogen-bond acceptors (Lipinski definition) is 4. The largest absolute Gasteiger partial charge is 0.492 e. The summed E-state index contributed by atoms with van der Waals surface area (Å²) >= 11 is 0. The van der Waals surface area contributed by atoms with Crippen molar-refractivity contribution in [1.29, 1.82) is 0 Å². The number of likely N-dealkylation sites (N-methyl/N-ethyl adjacent to an activating group) is 1. The van der Waals surface area contributed by atoms with Crippen molar-refractivity contribution in [3.63, 3.8) is 0 Å². The molecule has 1 saturated heterocycles. The third-order valence-corrected chi connectivity index (χ3v) is 4.53. The molecule has 27 heavy (non-hydrogen) atoms. The Balaban J connectivity index is 2.01. The molecule has 150 valence electrons. The van der Waals surface area contributed by atoms with Crippen LogP contribution in [0.3, 0.4) is 0 Å². The molecule has 1 heterocycles. The maximum absolute atomic E-state index is 11.5. The molecule has 1 aromatic rings. The zero-order valence-electron chi connectivity index (χ0n) is 17.1. The molecule has 1 aliphatic heterocycles. The van der Waals surface area contributed by atoms with Crippen LogP contribution in [0, 0.1) is 0 Å². The Morgan fingerprint density at radius 3 is 2.48 bits per heavy atom. The quantitative estimate of drug-likeness (QED) is 0.574. The van der Waals surface area contributed by atoms with Crippen molar-refractivity contribution in [1.82, 2.24) is 20.0 Å². The molecular weight excluding hydrogens is 342 g/mol. The lowest BCUT2D eigenvalue weighted by atomic mass is 10.2. The average Bonchev–Trinajstić information content (AvgIpc) is 2.66. The van der Waals surface area contributed by atoms with E-state index < -0.39 is 0 Å². The SMILES string of the molecule is CCNC(=NCc1ccccc1OCCN(C)C)N1CCN(C(C)=O)CC1. The van der Waals surface area contributed by atoms with Crippen molar-refractivity contribution in [3.8, 4) is 5.75 Å². The Morgan fingerprint density at radius 1 is 1.19 bits per heavy atom. The van der Waals surface area contributed by atoms with Crippen LogP contribution in [-0.4, -0.2) is 86.5 Å². The second-order valence-electron chi connectivity index (χ2n) is 6.92. The van der Waals surface area contributed by atoms with Gasteiger partial charge in [0.05, 0.1) is 6.54 Å². The smallest absolute Gasteiger partial charge is 0.219 e. The lowest BCUT2D eigenvalue weighted by molar-refractivity contribution is -0.130. The highest BCUT2D eigenvalue weighted by atomic mass is 16.5. The minimum absolute atomic E-state index is 0.139. The second kappa shape index (κ2) is 10.8. The van der Waals surface area contributed by atoms with Crippen molar-refractivity contribution >= 4 is 11.9 Å². The molecule has 1 aromatic carbocycles. The summed E-state index contributed by atoms with van der Waals surface area (Å²) in [5.41, 5.74) is 1.08. The number of carbonyl (C=O) groups excluding carboxylic acids is 1. The first-order chi connectivity index (χ1) is 13.0. The molecule has 0 bridgehead atoms. The zero-order valence-corrected chi connectivity index (χ0v) is 17.1. The Labute approximate surface area is 163 Å². The van der Waals surface area contributed by atoms with E-state index in [1.165, 1.54) is 0 Å². The molecule has 0 unspecified atom stereocenters. The molecule has 1 amide bonds. The number of ether oxygens (including phenoxy) is 1. The Morgan fingerprint density at radius 2 is 1.85 bits per heavy atom. The number of guanidine groups is 1. The molecule has 2 rings (SSSR count). The Hall–Kier alpha value is -2.28. The first-order valence-corrected chi connectivity index (χ1v) is 9.65. The maximum atomic E-state index is 11.5. The fraction of sp³-hybridized carbons (Fsp3) is 0.600. The van der Waals surface area contributed by atoms with Gasteiger partial charge in [-0.1, -0.05) is 18.2 Å². The summed E-state index contributed by atoms with van der Waals surface area (Å²) in [5.74, 6) is 1.92. The standard InChI is InChI=1S/C20H33N5O2/c1-5-21-20(25-12-10-24(11-13-25)17(2)26)22-16-18-8-6-7-9-19(18)27-15-14-23(3)4/h6-9H,5,10-16H2,1-4H3,(H,21,22). The van der Waals surface area contributed by atoms with Crippen molar-refractivity contribution in [2.24, 2.45) is 4.99 Å². The van der Waals surface area contributed by atoms with Gasteiger partial charge in [0, 0.05) is 51.8 Å². The van der Waals surface area contributed by atoms with E-state index in [1.807, 2.05) is 37.2 Å². The fourth-order valence-electron chi connectivity index (χ4n) is 2.93. The first kappa shape index (κ1) is 21.0. The van der Waals surface area contributed by atoms with Crippen LogP contribution >= 0.6 is 0 Å². The summed E-state index contributed by atoms with van der Waals surface area (Å²) in [6, 6.07) is 8.07. The summed E-state index contributed by atoms with van der Waals surface area (Å²) in [5, 5.41) is 3.37. The van der Waals surface area contributed by atoms with Crippen LogP contribution in [0.4, 0.5) is 0 Å². The van der Waals surface area contributed by atoms with Crippen LogP contribution in [0.25, 0.3) is 0 Å². The lowest BCUT2D eigenvalue weighted by Gasteiger charge is -2.36. The van der Waals surface area contributed by atoms with Crippen LogP contribution < -0.4 is 10.1 Å². The topological polar surface area (TPSA) is 60.4 Å². The van der Waals surface area contributed by atoms with Gasteiger partial charge in [-0.3, -0.25) is 4.79 Å². The number of aliphatic imine (C=N–C) groups is 1. The number of para-hydroxylation sites is 1. The average molecular weight is 376 g/mol. The third-order valence-electron chi connectivity index (χ3n) is 4.53. The summed E-state index contributed by atoms with van der Waals surface area (Å²) in [7, 11) is 4.07. The molecule has 0 aromatic heterocycles. The number of carbonyl (C=O) groups is 1. The highest BCUT2D eigenvalue weighted by Gasteiger charge is 2.20. The van der Waals surface area contributed by atoms with Crippen LogP contribution in [0.2, 0.25) is 0 Å². The molecule has 0 atom stereocenters. The van der Waals surface area contributed by atoms with Gasteiger partial charge in [-0.15, -0.1) is 0 Å². The number of rotatable bonds is 7. The third kappa shape index (κ3) is 6.75. The van der Waals surface area contributed by atoms with Gasteiger partial charge >= 0.3 is 0 Å². The van der Waals surface area contributed by atoms with Gasteiger partial charge in [-0.05, 0) is 27.1 Å². The Bertz CT molecular complexity index is 625. The molecule has 1 N–H and O–H groups in total. The molecule has 0 saturated carbocycles. The normalized spacial score (nSPS) is 15.2. The highest BCUT2D eigenvalue weighted by Crippen LogP contribution is 2.19. The fourth-order valence-corrected chi connectivity index (χ4v) is 2.93. The first-order valence-electron chi connectivity index (χ1n) is 9.65. The highest BCUT2D eigenvalue weighted by molar-refractivity contribution is 5.80. The van der Waals surface area contributed by atoms with Crippen LogP contribution in [-0.2, 0) is 11.3 Å². The van der Waals surface area contributed by atoms with Crippen LogP contribution in [0.5, 0.6) is 5.75 Å². The predicted octanol–water partition coefficient (Wildman–Crippen LogP) is 1.26. The van der Waals surface area contributed by atoms with Gasteiger partial charge in [-0.25, -0.2) is 4.99 Å². The molecule has 7 nitrogen and oxygen atoms in total. The van der Waals surface area contributed by atoms with E-state index in [2.05, 4.69) is 28.1 Å². The minimum Gasteiger partial charge on any atom is -0.492 e. The molecule has 0 spiro atoms.